The van der Waals surface area contributed by atoms with Gasteiger partial charge in [-0.15, -0.1) is 18.3 Å². The first-order valence-electron chi connectivity index (χ1n) is 14.4. The number of halogens is 3. The highest BCUT2D eigenvalue weighted by Gasteiger charge is 2.33. The Kier molecular flexibility index (Phi) is 9.37. The predicted molar refractivity (Wildman–Crippen MR) is 174 cm³/mol. The number of anilines is 3. The van der Waals surface area contributed by atoms with Crippen molar-refractivity contribution < 1.29 is 27.5 Å². The zero-order chi connectivity index (χ0) is 33.2. The maximum atomic E-state index is 13.2. The van der Waals surface area contributed by atoms with Gasteiger partial charge >= 0.3 is 12.4 Å². The smallest absolute Gasteiger partial charge is 0.406 e. The minimum absolute atomic E-state index is 0.143. The Morgan fingerprint density at radius 1 is 1.11 bits per heavy atom. The van der Waals surface area contributed by atoms with E-state index in [1.165, 1.54) is 51.9 Å². The van der Waals surface area contributed by atoms with Crippen LogP contribution in [0, 0.1) is 0 Å². The molecule has 4 aromatic rings. The van der Waals surface area contributed by atoms with Crippen molar-refractivity contribution in [1.82, 2.24) is 14.8 Å². The third-order valence-electron chi connectivity index (χ3n) is 7.17. The molecule has 1 N–H and O–H groups in total. The van der Waals surface area contributed by atoms with E-state index < -0.39 is 12.4 Å². The number of aromatic nitrogens is 3. The first-order chi connectivity index (χ1) is 21.8. The first kappa shape index (κ1) is 32.5. The molecule has 3 amide bonds. The monoisotopic (exact) mass is 651 g/mol. The number of carbonyl (C=O) groups is 2. The van der Waals surface area contributed by atoms with E-state index in [2.05, 4.69) is 39.0 Å². The second-order valence-corrected chi connectivity index (χ2v) is 11.9. The van der Waals surface area contributed by atoms with E-state index in [9.17, 15) is 22.8 Å². The van der Waals surface area contributed by atoms with Gasteiger partial charge in [0.15, 0.2) is 11.0 Å². The van der Waals surface area contributed by atoms with Crippen molar-refractivity contribution in [1.29, 1.82) is 0 Å². The van der Waals surface area contributed by atoms with Crippen LogP contribution in [0.1, 0.15) is 37.8 Å². The lowest BCUT2D eigenvalue weighted by atomic mass is 9.99. The summed E-state index contributed by atoms with van der Waals surface area (Å²) in [4.78, 5) is 38.3. The lowest BCUT2D eigenvalue weighted by Crippen LogP contribution is -2.31. The molecular formula is C32H32F3N7O3S. The van der Waals surface area contributed by atoms with Crippen molar-refractivity contribution >= 4 is 45.9 Å². The van der Waals surface area contributed by atoms with E-state index in [1.807, 2.05) is 50.2 Å². The number of aliphatic imine (C=N–C) groups is 1. The molecule has 1 aromatic heterocycles. The molecule has 2 heterocycles. The fraction of sp³-hybridized carbons (Fsp3) is 0.281. The molecule has 1 fully saturated rings. The highest BCUT2D eigenvalue weighted by atomic mass is 32.2. The van der Waals surface area contributed by atoms with Crippen molar-refractivity contribution in [3.63, 3.8) is 0 Å². The van der Waals surface area contributed by atoms with Gasteiger partial charge in [-0.2, -0.15) is 4.99 Å². The molecule has 0 spiro atoms. The molecule has 0 bridgehead atoms. The molecule has 10 nitrogen and oxygen atoms in total. The van der Waals surface area contributed by atoms with E-state index in [0.717, 1.165) is 16.8 Å². The number of amidine groups is 1. The highest BCUT2D eigenvalue weighted by molar-refractivity contribution is 8.15. The van der Waals surface area contributed by atoms with Crippen LogP contribution in [0.25, 0.3) is 17.1 Å². The molecule has 46 heavy (non-hydrogen) atoms. The summed E-state index contributed by atoms with van der Waals surface area (Å²) in [7, 11) is 3.85. The van der Waals surface area contributed by atoms with E-state index in [1.54, 1.807) is 12.1 Å². The van der Waals surface area contributed by atoms with Gasteiger partial charge in [-0.05, 0) is 78.1 Å². The summed E-state index contributed by atoms with van der Waals surface area (Å²) in [6.45, 7) is 6.04. The van der Waals surface area contributed by atoms with Crippen LogP contribution in [0.4, 0.5) is 35.0 Å². The van der Waals surface area contributed by atoms with E-state index in [0.29, 0.717) is 40.0 Å². The largest absolute Gasteiger partial charge is 0.573 e. The normalized spacial score (nSPS) is 14.3. The van der Waals surface area contributed by atoms with Gasteiger partial charge < -0.3 is 15.0 Å². The van der Waals surface area contributed by atoms with Gasteiger partial charge in [0.05, 0.1) is 17.1 Å². The van der Waals surface area contributed by atoms with Gasteiger partial charge in [-0.25, -0.2) is 14.5 Å². The van der Waals surface area contributed by atoms with Crippen LogP contribution in [-0.4, -0.2) is 58.1 Å². The maximum Gasteiger partial charge on any atom is 0.573 e. The van der Waals surface area contributed by atoms with Crippen LogP contribution in [-0.2, 0) is 11.2 Å². The maximum absolute atomic E-state index is 13.2. The molecule has 0 atom stereocenters. The molecule has 0 radical (unpaired) electrons. The minimum atomic E-state index is -4.78. The lowest BCUT2D eigenvalue weighted by molar-refractivity contribution is -0.274. The molecule has 1 saturated heterocycles. The van der Waals surface area contributed by atoms with Crippen LogP contribution >= 0.6 is 11.8 Å². The van der Waals surface area contributed by atoms with Crippen molar-refractivity contribution in [2.45, 2.75) is 39.5 Å². The van der Waals surface area contributed by atoms with E-state index >= 15 is 0 Å². The molecule has 240 valence electrons. The van der Waals surface area contributed by atoms with Gasteiger partial charge in [0.25, 0.3) is 0 Å². The number of nitrogens with zero attached hydrogens (tertiary/aromatic N) is 6. The number of alkyl halides is 3. The molecular weight excluding hydrogens is 619 g/mol. The quantitative estimate of drug-likeness (QED) is 0.214. The third kappa shape index (κ3) is 7.33. The van der Waals surface area contributed by atoms with Crippen LogP contribution in [0.15, 0.2) is 72.0 Å². The molecule has 14 heteroatoms. The lowest BCUT2D eigenvalue weighted by Gasteiger charge is -2.24. The number of carbonyl (C=O) groups excluding carboxylic acids is 2. The van der Waals surface area contributed by atoms with Crippen LogP contribution in [0.2, 0.25) is 0 Å². The molecule has 1 aliphatic heterocycles. The Bertz CT molecular complexity index is 1790. The number of urea groups is 1. The van der Waals surface area contributed by atoms with Crippen molar-refractivity contribution in [3.05, 3.63) is 78.1 Å². The second kappa shape index (κ2) is 13.3. The summed E-state index contributed by atoms with van der Waals surface area (Å²) in [6.07, 6.45) is -2.74. The molecule has 0 saturated carbocycles. The molecule has 0 unspecified atom stereocenters. The molecule has 1 aliphatic rings. The second-order valence-electron chi connectivity index (χ2n) is 10.9. The van der Waals surface area contributed by atoms with Crippen LogP contribution in [0.3, 0.4) is 0 Å². The zero-order valence-corrected chi connectivity index (χ0v) is 26.6. The summed E-state index contributed by atoms with van der Waals surface area (Å²) in [5.74, 6) is 0.225. The Labute approximate surface area is 268 Å². The number of aryl methyl sites for hydroxylation is 1. The molecule has 3 aromatic carbocycles. The minimum Gasteiger partial charge on any atom is -0.406 e. The fourth-order valence-electron chi connectivity index (χ4n) is 4.87. The first-order valence-corrected chi connectivity index (χ1v) is 15.4. The van der Waals surface area contributed by atoms with E-state index in [-0.39, 0.29) is 23.3 Å². The summed E-state index contributed by atoms with van der Waals surface area (Å²) >= 11 is 1.22. The summed E-state index contributed by atoms with van der Waals surface area (Å²) in [5.41, 5.74) is 5.15. The number of amides is 3. The van der Waals surface area contributed by atoms with E-state index in [4.69, 9.17) is 0 Å². The standard InChI is InChI=1S/C32H32F3N7O3S/c1-6-20-15-21(29-36-18-41(39-29)22-8-11-24(12-9-22)45-32(33,34)35)7-14-26(20)37-30(44)38-31-42(28(43)17-46-31)27-16-23(40(4)5)10-13-25(27)19(2)3/h7-16,18-19H,6,17H2,1-5H3,(H,37,44). The van der Waals surface area contributed by atoms with Gasteiger partial charge in [0, 0.05) is 31.0 Å². The highest BCUT2D eigenvalue weighted by Crippen LogP contribution is 2.36. The SMILES string of the molecule is CCc1cc(-c2ncn(-c3ccc(OC(F)(F)F)cc3)n2)ccc1NC(=O)N=C1SCC(=O)N1c1cc(N(C)C)ccc1C(C)C. The number of rotatable bonds is 8. The molecule has 5 rings (SSSR count). The number of nitrogens with one attached hydrogen (secondary N) is 1. The summed E-state index contributed by atoms with van der Waals surface area (Å²) < 4.78 is 42.8. The number of thioether (sulfide) groups is 1. The third-order valence-corrected chi connectivity index (χ3v) is 8.09. The van der Waals surface area contributed by atoms with Gasteiger partial charge in [-0.1, -0.05) is 38.6 Å². The van der Waals surface area contributed by atoms with Crippen LogP contribution in [0.5, 0.6) is 5.75 Å². The number of hydrogen-bond acceptors (Lipinski definition) is 7. The Balaban J connectivity index is 1.35. The Hall–Kier alpha value is -4.85. The van der Waals surface area contributed by atoms with Crippen LogP contribution < -0.4 is 19.9 Å². The Morgan fingerprint density at radius 2 is 1.85 bits per heavy atom. The molecule has 0 aliphatic carbocycles. The number of hydrogen-bond donors (Lipinski definition) is 1. The van der Waals surface area contributed by atoms with Crippen molar-refractivity contribution in [3.8, 4) is 22.8 Å². The Morgan fingerprint density at radius 3 is 2.50 bits per heavy atom. The summed E-state index contributed by atoms with van der Waals surface area (Å²) in [6, 6.07) is 15.9. The van der Waals surface area contributed by atoms with Crippen molar-refractivity contribution in [2.75, 3.05) is 35.0 Å². The average Bonchev–Trinajstić information content (AvgIpc) is 3.63. The van der Waals surface area contributed by atoms with Gasteiger partial charge in [-0.3, -0.25) is 9.69 Å². The predicted octanol–water partition coefficient (Wildman–Crippen LogP) is 7.25. The van der Waals surface area contributed by atoms with Crippen molar-refractivity contribution in [2.24, 2.45) is 4.99 Å². The topological polar surface area (TPSA) is 105 Å². The number of ether oxygens (including phenoxy) is 1. The fourth-order valence-corrected chi connectivity index (χ4v) is 5.73. The number of benzene rings is 3. The average molecular weight is 652 g/mol. The zero-order valence-electron chi connectivity index (χ0n) is 25.8. The summed E-state index contributed by atoms with van der Waals surface area (Å²) in [5, 5.41) is 7.62. The van der Waals surface area contributed by atoms with Gasteiger partial charge in [0.2, 0.25) is 5.91 Å². The van der Waals surface area contributed by atoms with Gasteiger partial charge in [0.1, 0.15) is 12.1 Å².